The molecule has 2 aliphatic heterocycles. The largest absolute Gasteiger partial charge is 0.495 e. The summed E-state index contributed by atoms with van der Waals surface area (Å²) in [5.41, 5.74) is 1.95. The molecule has 8 heterocycles. The fourth-order valence-electron chi connectivity index (χ4n) is 9.03. The van der Waals surface area contributed by atoms with Crippen LogP contribution in [0.3, 0.4) is 0 Å². The van der Waals surface area contributed by atoms with Gasteiger partial charge >= 0.3 is 0 Å². The third-order valence-corrected chi connectivity index (χ3v) is 19.1. The molecule has 0 unspecified atom stereocenters. The van der Waals surface area contributed by atoms with E-state index in [0.29, 0.717) is 11.5 Å². The molecule has 0 N–H and O–H groups in total. The lowest BCUT2D eigenvalue weighted by Crippen LogP contribution is -2.37. The molecule has 58 heavy (non-hydrogen) atoms. The number of fused-ring (bicyclic) bond motifs is 11. The molecule has 0 amide bonds. The molecule has 288 valence electrons. The van der Waals surface area contributed by atoms with Crippen molar-refractivity contribution in [1.29, 1.82) is 21.0 Å². The molecule has 0 bridgehead atoms. The maximum Gasteiger partial charge on any atom is 0.140 e. The number of thiophene rings is 6. The highest BCUT2D eigenvalue weighted by Crippen LogP contribution is 2.67. The number of nitrogens with zero attached hydrogens (tertiary/aromatic N) is 4. The predicted octanol–water partition coefficient (Wildman–Crippen LogP) is 13.9. The van der Waals surface area contributed by atoms with E-state index in [2.05, 4.69) is 12.1 Å². The lowest BCUT2D eigenvalue weighted by molar-refractivity contribution is 0.0258. The summed E-state index contributed by atoms with van der Waals surface area (Å²) >= 11 is 10.3. The molecule has 0 atom stereocenters. The average molecular weight is 873 g/mol. The van der Waals surface area contributed by atoms with Gasteiger partial charge in [0.05, 0.1) is 62.6 Å². The molecule has 4 aliphatic rings. The van der Waals surface area contributed by atoms with Gasteiger partial charge in [0.2, 0.25) is 0 Å². The summed E-state index contributed by atoms with van der Waals surface area (Å²) < 4.78 is 29.0. The van der Waals surface area contributed by atoms with Crippen LogP contribution in [0.1, 0.15) is 85.1 Å². The highest BCUT2D eigenvalue weighted by Gasteiger charge is 2.50. The van der Waals surface area contributed by atoms with Gasteiger partial charge in [0.25, 0.3) is 0 Å². The first-order chi connectivity index (χ1) is 28.3. The van der Waals surface area contributed by atoms with E-state index in [1.54, 1.807) is 49.0 Å². The van der Waals surface area contributed by atoms with Crippen LogP contribution in [0.25, 0.3) is 60.6 Å². The summed E-state index contributed by atoms with van der Waals surface area (Å²) in [6.07, 6.45) is 13.9. The molecular weight excluding hydrogens is 841 g/mol. The van der Waals surface area contributed by atoms with Crippen molar-refractivity contribution >= 4 is 89.6 Å². The number of hydrogen-bond donors (Lipinski definition) is 0. The summed E-state index contributed by atoms with van der Waals surface area (Å²) in [5.74, 6) is 3.26. The maximum atomic E-state index is 9.41. The summed E-state index contributed by atoms with van der Waals surface area (Å²) in [4.78, 5) is 10.5. The minimum atomic E-state index is -0.420. The fraction of sp³-hybridized carbons (Fsp3) is 0.318. The van der Waals surface area contributed by atoms with E-state index >= 15 is 0 Å². The molecule has 2 aliphatic carbocycles. The number of methoxy groups -OCH3 is 2. The molecular formula is C44H32N4O4S6. The van der Waals surface area contributed by atoms with Crippen LogP contribution in [0.15, 0.2) is 35.4 Å². The van der Waals surface area contributed by atoms with Gasteiger partial charge in [0.1, 0.15) is 69.6 Å². The molecule has 6 aromatic heterocycles. The zero-order valence-corrected chi connectivity index (χ0v) is 36.3. The normalized spacial score (nSPS) is 16.6. The molecule has 6 aromatic rings. The smallest absolute Gasteiger partial charge is 0.140 e. The minimum Gasteiger partial charge on any atom is -0.495 e. The Labute approximate surface area is 359 Å². The van der Waals surface area contributed by atoms with E-state index < -0.39 is 11.2 Å². The van der Waals surface area contributed by atoms with Gasteiger partial charge in [-0.3, -0.25) is 0 Å². The zero-order chi connectivity index (χ0) is 39.8. The molecule has 2 fully saturated rings. The topological polar surface area (TPSA) is 132 Å². The predicted molar refractivity (Wildman–Crippen MR) is 235 cm³/mol. The van der Waals surface area contributed by atoms with Gasteiger partial charge in [-0.15, -0.1) is 68.0 Å². The van der Waals surface area contributed by atoms with Crippen LogP contribution < -0.4 is 18.9 Å². The van der Waals surface area contributed by atoms with Gasteiger partial charge < -0.3 is 18.9 Å². The Balaban J connectivity index is 1.15. The van der Waals surface area contributed by atoms with Gasteiger partial charge in [-0.05, 0) is 75.7 Å². The van der Waals surface area contributed by atoms with E-state index in [-0.39, 0.29) is 11.1 Å². The van der Waals surface area contributed by atoms with Crippen LogP contribution in [0.5, 0.6) is 23.0 Å². The second-order valence-electron chi connectivity index (χ2n) is 14.8. The van der Waals surface area contributed by atoms with E-state index in [1.807, 2.05) is 59.1 Å². The van der Waals surface area contributed by atoms with Gasteiger partial charge in [-0.25, -0.2) is 0 Å². The minimum absolute atomic E-state index is 0.0562. The molecule has 10 rings (SSSR count). The van der Waals surface area contributed by atoms with E-state index in [4.69, 9.17) is 18.9 Å². The van der Waals surface area contributed by atoms with Crippen LogP contribution >= 0.6 is 68.0 Å². The van der Waals surface area contributed by atoms with Crippen molar-refractivity contribution in [2.75, 3.05) is 14.2 Å². The van der Waals surface area contributed by atoms with Crippen molar-refractivity contribution in [3.05, 3.63) is 56.3 Å². The second kappa shape index (κ2) is 14.4. The Bertz CT molecular complexity index is 2680. The zero-order valence-electron chi connectivity index (χ0n) is 31.4. The van der Waals surface area contributed by atoms with Crippen molar-refractivity contribution in [1.82, 2.24) is 0 Å². The van der Waals surface area contributed by atoms with Crippen molar-refractivity contribution in [3.8, 4) is 86.3 Å². The van der Waals surface area contributed by atoms with Crippen LogP contribution in [0.2, 0.25) is 0 Å². The molecule has 0 aromatic carbocycles. The summed E-state index contributed by atoms with van der Waals surface area (Å²) in [6, 6.07) is 16.0. The quantitative estimate of drug-likeness (QED) is 0.151. The first-order valence-electron chi connectivity index (χ1n) is 19.0. The van der Waals surface area contributed by atoms with Crippen LogP contribution in [0, 0.1) is 45.3 Å². The highest BCUT2D eigenvalue weighted by molar-refractivity contribution is 7.35. The van der Waals surface area contributed by atoms with Crippen LogP contribution in [-0.4, -0.2) is 14.2 Å². The van der Waals surface area contributed by atoms with Crippen molar-refractivity contribution in [2.45, 2.75) is 75.4 Å². The Hall–Kier alpha value is -4.90. The summed E-state index contributed by atoms with van der Waals surface area (Å²) in [7, 11) is 3.31. The van der Waals surface area contributed by atoms with Crippen LogP contribution in [0.4, 0.5) is 0 Å². The maximum absolute atomic E-state index is 9.41. The highest BCUT2D eigenvalue weighted by atomic mass is 32.1. The number of ether oxygens (including phenoxy) is 4. The lowest BCUT2D eigenvalue weighted by Gasteiger charge is -2.41. The Kier molecular flexibility index (Phi) is 9.30. The Morgan fingerprint density at radius 3 is 1.29 bits per heavy atom. The standard InChI is InChI=1S/C44H32N4O4S6/c1-49-27-15-25(13-23(19-45)20-46)53-35(27)31-17-29-37(55-31)39-33(43(51-29)9-5-3-6-10-43)41-42(57-39)34-40(58-41)38-30(52-44(34)11-7-4-8-12-44)18-32(56-38)36-28(50-2)16-26(54-36)14-24(21-47)22-48/h13-18H,3-12H2,1-2H3. The lowest BCUT2D eigenvalue weighted by atomic mass is 9.76. The summed E-state index contributed by atoms with van der Waals surface area (Å²) in [5, 5.41) is 37.6. The first kappa shape index (κ1) is 37.4. The van der Waals surface area contributed by atoms with E-state index in [1.165, 1.54) is 65.8 Å². The third kappa shape index (κ3) is 5.77. The molecule has 8 nitrogen and oxygen atoms in total. The average Bonchev–Trinajstić information content (AvgIpc) is 4.10. The van der Waals surface area contributed by atoms with Crippen molar-refractivity contribution in [2.24, 2.45) is 0 Å². The number of allylic oxidation sites excluding steroid dienone is 2. The number of nitriles is 4. The van der Waals surface area contributed by atoms with Gasteiger partial charge in [0, 0.05) is 33.0 Å². The molecule has 14 heteroatoms. The van der Waals surface area contributed by atoms with Gasteiger partial charge in [-0.1, -0.05) is 12.8 Å². The van der Waals surface area contributed by atoms with E-state index in [9.17, 15) is 21.0 Å². The van der Waals surface area contributed by atoms with Gasteiger partial charge in [0.15, 0.2) is 0 Å². The Morgan fingerprint density at radius 1 is 0.534 bits per heavy atom. The third-order valence-electron chi connectivity index (χ3n) is 11.6. The van der Waals surface area contributed by atoms with Crippen LogP contribution in [-0.2, 0) is 11.2 Å². The van der Waals surface area contributed by atoms with E-state index in [0.717, 1.165) is 102 Å². The second-order valence-corrected chi connectivity index (χ2v) is 21.2. The molecule has 2 saturated carbocycles. The summed E-state index contributed by atoms with van der Waals surface area (Å²) in [6.45, 7) is 0. The SMILES string of the molecule is COc1cc(C=C(C#N)C#N)sc1-c1cc2c(s1)-c1sc3c4c(sc3c1C1(CCCCC1)O2)-c1sc(-c2sc(C=C(C#N)C#N)cc2OC)cc1OC41CCCCC1. The number of rotatable bonds is 6. The monoisotopic (exact) mass is 872 g/mol. The van der Waals surface area contributed by atoms with Gasteiger partial charge in [-0.2, -0.15) is 21.0 Å². The fourth-order valence-corrected chi connectivity index (χ4v) is 17.1. The molecule has 0 saturated heterocycles. The van der Waals surface area contributed by atoms with Crippen molar-refractivity contribution in [3.63, 3.8) is 0 Å². The molecule has 2 spiro atoms. The van der Waals surface area contributed by atoms with Crippen molar-refractivity contribution < 1.29 is 18.9 Å². The first-order valence-corrected chi connectivity index (χ1v) is 23.9. The Morgan fingerprint density at radius 2 is 0.931 bits per heavy atom. The number of hydrogen-bond acceptors (Lipinski definition) is 14. The molecule has 0 radical (unpaired) electrons.